The molecular formula is C14H19N3O3. The van der Waals surface area contributed by atoms with Crippen molar-refractivity contribution < 1.29 is 14.4 Å². The molecule has 20 heavy (non-hydrogen) atoms. The van der Waals surface area contributed by atoms with E-state index in [-0.39, 0.29) is 6.54 Å². The average molecular weight is 277 g/mol. The van der Waals surface area contributed by atoms with Crippen molar-refractivity contribution >= 4 is 18.1 Å². The second-order valence-corrected chi connectivity index (χ2v) is 4.51. The van der Waals surface area contributed by atoms with Crippen LogP contribution in [0.25, 0.3) is 0 Å². The minimum atomic E-state index is -0.672. The number of carbonyl (C=O) groups is 3. The molecule has 1 rings (SSSR count). The Morgan fingerprint density at radius 1 is 1.30 bits per heavy atom. The fourth-order valence-electron chi connectivity index (χ4n) is 1.59. The summed E-state index contributed by atoms with van der Waals surface area (Å²) in [5.74, 6) is -0.835. The Labute approximate surface area is 117 Å². The minimum Gasteiger partial charge on any atom is -0.346 e. The Hall–Kier alpha value is -2.21. The Kier molecular flexibility index (Phi) is 6.39. The highest BCUT2D eigenvalue weighted by molar-refractivity contribution is 5.88. The van der Waals surface area contributed by atoms with Crippen molar-refractivity contribution in [2.45, 2.75) is 25.4 Å². The number of aldehydes is 1. The molecule has 0 aliphatic rings. The third-order valence-corrected chi connectivity index (χ3v) is 2.65. The van der Waals surface area contributed by atoms with Gasteiger partial charge in [0.2, 0.25) is 11.8 Å². The summed E-state index contributed by atoms with van der Waals surface area (Å²) in [7, 11) is 0. The molecule has 0 aliphatic heterocycles. The molecule has 0 unspecified atom stereocenters. The van der Waals surface area contributed by atoms with E-state index >= 15 is 0 Å². The van der Waals surface area contributed by atoms with E-state index in [0.717, 1.165) is 5.56 Å². The van der Waals surface area contributed by atoms with Crippen molar-refractivity contribution in [2.24, 2.45) is 5.73 Å². The maximum atomic E-state index is 11.6. The number of benzene rings is 1. The molecule has 6 heteroatoms. The highest BCUT2D eigenvalue weighted by atomic mass is 16.2. The number of nitrogens with two attached hydrogens (primary N) is 1. The van der Waals surface area contributed by atoms with E-state index in [0.29, 0.717) is 12.7 Å². The summed E-state index contributed by atoms with van der Waals surface area (Å²) in [6.45, 7) is 1.33. The van der Waals surface area contributed by atoms with Crippen LogP contribution in [-0.4, -0.2) is 36.7 Å². The average Bonchev–Trinajstić information content (AvgIpc) is 2.44. The summed E-state index contributed by atoms with van der Waals surface area (Å²) < 4.78 is 0. The van der Waals surface area contributed by atoms with Gasteiger partial charge in [0.1, 0.15) is 6.29 Å². The maximum Gasteiger partial charge on any atom is 0.239 e. The first-order valence-electron chi connectivity index (χ1n) is 6.34. The Balaban J connectivity index is 2.42. The molecule has 4 N–H and O–H groups in total. The van der Waals surface area contributed by atoms with E-state index in [9.17, 15) is 14.4 Å². The topological polar surface area (TPSA) is 101 Å². The van der Waals surface area contributed by atoms with Crippen LogP contribution in [0.15, 0.2) is 30.3 Å². The Morgan fingerprint density at radius 2 is 1.95 bits per heavy atom. The third-order valence-electron chi connectivity index (χ3n) is 2.65. The summed E-state index contributed by atoms with van der Waals surface area (Å²) in [4.78, 5) is 33.8. The van der Waals surface area contributed by atoms with E-state index in [1.807, 2.05) is 30.3 Å². The zero-order chi connectivity index (χ0) is 15.0. The Bertz CT molecular complexity index is 460. The maximum absolute atomic E-state index is 11.6. The van der Waals surface area contributed by atoms with Crippen LogP contribution in [0.3, 0.4) is 0 Å². The molecule has 1 aromatic carbocycles. The van der Waals surface area contributed by atoms with Gasteiger partial charge >= 0.3 is 0 Å². The Morgan fingerprint density at radius 3 is 2.50 bits per heavy atom. The fraction of sp³-hybridized carbons (Fsp3) is 0.357. The molecular weight excluding hydrogens is 258 g/mol. The molecule has 0 saturated heterocycles. The van der Waals surface area contributed by atoms with Crippen molar-refractivity contribution in [3.63, 3.8) is 0 Å². The molecule has 0 heterocycles. The predicted molar refractivity (Wildman–Crippen MR) is 74.8 cm³/mol. The van der Waals surface area contributed by atoms with E-state index in [4.69, 9.17) is 5.73 Å². The molecule has 0 aliphatic carbocycles. The number of rotatable bonds is 7. The predicted octanol–water partition coefficient (Wildman–Crippen LogP) is -0.624. The zero-order valence-electron chi connectivity index (χ0n) is 11.3. The fourth-order valence-corrected chi connectivity index (χ4v) is 1.59. The van der Waals surface area contributed by atoms with Crippen LogP contribution in [0.5, 0.6) is 0 Å². The molecule has 0 bridgehead atoms. The van der Waals surface area contributed by atoms with Gasteiger partial charge in [-0.1, -0.05) is 30.3 Å². The van der Waals surface area contributed by atoms with Crippen molar-refractivity contribution in [1.29, 1.82) is 0 Å². The normalized spacial score (nSPS) is 13.1. The van der Waals surface area contributed by atoms with Crippen molar-refractivity contribution in [3.05, 3.63) is 35.9 Å². The molecule has 2 amide bonds. The molecule has 0 radical (unpaired) electrons. The molecule has 0 fully saturated rings. The summed E-state index contributed by atoms with van der Waals surface area (Å²) in [6.07, 6.45) is 1.09. The van der Waals surface area contributed by atoms with Crippen LogP contribution < -0.4 is 16.4 Å². The van der Waals surface area contributed by atoms with Crippen LogP contribution in [-0.2, 0) is 20.8 Å². The van der Waals surface area contributed by atoms with E-state index in [1.54, 1.807) is 0 Å². The van der Waals surface area contributed by atoms with Gasteiger partial charge < -0.3 is 21.2 Å². The molecule has 108 valence electrons. The lowest BCUT2D eigenvalue weighted by Gasteiger charge is -2.13. The number of nitrogens with one attached hydrogen (secondary N) is 2. The van der Waals surface area contributed by atoms with Crippen molar-refractivity contribution in [1.82, 2.24) is 10.6 Å². The van der Waals surface area contributed by atoms with E-state index in [1.165, 1.54) is 6.92 Å². The van der Waals surface area contributed by atoms with Crippen molar-refractivity contribution in [3.8, 4) is 0 Å². The summed E-state index contributed by atoms with van der Waals surface area (Å²) in [5, 5.41) is 4.93. The van der Waals surface area contributed by atoms with Gasteiger partial charge in [-0.25, -0.2) is 0 Å². The number of amides is 2. The van der Waals surface area contributed by atoms with Crippen LogP contribution in [0.4, 0.5) is 0 Å². The smallest absolute Gasteiger partial charge is 0.239 e. The zero-order valence-corrected chi connectivity index (χ0v) is 11.3. The second kappa shape index (κ2) is 8.06. The van der Waals surface area contributed by atoms with Crippen LogP contribution in [0.2, 0.25) is 0 Å². The summed E-state index contributed by atoms with van der Waals surface area (Å²) in [6, 6.07) is 8.07. The molecule has 2 atom stereocenters. The first-order chi connectivity index (χ1) is 9.52. The number of hydrogen-bond donors (Lipinski definition) is 3. The first-order valence-corrected chi connectivity index (χ1v) is 6.34. The first kappa shape index (κ1) is 15.8. The third kappa shape index (κ3) is 5.62. The van der Waals surface area contributed by atoms with Gasteiger partial charge in [0.15, 0.2) is 0 Å². The van der Waals surface area contributed by atoms with Gasteiger partial charge in [0.25, 0.3) is 0 Å². The molecule has 0 spiro atoms. The van der Waals surface area contributed by atoms with Crippen molar-refractivity contribution in [2.75, 3.05) is 6.54 Å². The lowest BCUT2D eigenvalue weighted by Crippen LogP contribution is -2.46. The minimum absolute atomic E-state index is 0.195. The van der Waals surface area contributed by atoms with Crippen LogP contribution in [0, 0.1) is 0 Å². The summed E-state index contributed by atoms with van der Waals surface area (Å²) in [5.41, 5.74) is 6.30. The monoisotopic (exact) mass is 277 g/mol. The molecule has 0 aromatic heterocycles. The van der Waals surface area contributed by atoms with Gasteiger partial charge in [0.05, 0.1) is 18.6 Å². The molecule has 0 saturated carbocycles. The van der Waals surface area contributed by atoms with E-state index < -0.39 is 23.9 Å². The quantitative estimate of drug-likeness (QED) is 0.578. The summed E-state index contributed by atoms with van der Waals surface area (Å²) >= 11 is 0. The van der Waals surface area contributed by atoms with Gasteiger partial charge in [-0.05, 0) is 18.9 Å². The van der Waals surface area contributed by atoms with Gasteiger partial charge in [-0.15, -0.1) is 0 Å². The largest absolute Gasteiger partial charge is 0.346 e. The van der Waals surface area contributed by atoms with Gasteiger partial charge in [0, 0.05) is 0 Å². The lowest BCUT2D eigenvalue weighted by molar-refractivity contribution is -0.127. The number of carbonyl (C=O) groups excluding carboxylic acids is 3. The SMILES string of the molecule is C[C@H](N)C(=O)NCC(=O)N[C@H](C=O)Cc1ccccc1. The highest BCUT2D eigenvalue weighted by Gasteiger charge is 2.13. The highest BCUT2D eigenvalue weighted by Crippen LogP contribution is 2.01. The van der Waals surface area contributed by atoms with Gasteiger partial charge in [-0.3, -0.25) is 9.59 Å². The van der Waals surface area contributed by atoms with Gasteiger partial charge in [-0.2, -0.15) is 0 Å². The van der Waals surface area contributed by atoms with E-state index in [2.05, 4.69) is 10.6 Å². The second-order valence-electron chi connectivity index (χ2n) is 4.51. The van der Waals surface area contributed by atoms with Crippen LogP contribution in [0.1, 0.15) is 12.5 Å². The standard InChI is InChI=1S/C14H19N3O3/c1-10(15)14(20)16-8-13(19)17-12(9-18)7-11-5-3-2-4-6-11/h2-6,9-10,12H,7-8,15H2,1H3,(H,16,20)(H,17,19)/t10-,12-/m0/s1. The number of hydrogen-bond acceptors (Lipinski definition) is 4. The molecule has 6 nitrogen and oxygen atoms in total. The van der Waals surface area contributed by atoms with Crippen LogP contribution >= 0.6 is 0 Å². The molecule has 1 aromatic rings. The lowest BCUT2D eigenvalue weighted by atomic mass is 10.1.